The molecule has 2 aliphatic rings. The number of nitrogens with zero attached hydrogens (tertiary/aromatic N) is 2. The average Bonchev–Trinajstić information content (AvgIpc) is 3.81. The summed E-state index contributed by atoms with van der Waals surface area (Å²) < 4.78 is 0. The van der Waals surface area contributed by atoms with Gasteiger partial charge in [0.05, 0.1) is 12.1 Å². The fourth-order valence-corrected chi connectivity index (χ4v) is 9.39. The molecular formula is C53H62ClN5O8. The number of fused-ring (bicyclic) bond motifs is 5. The molecule has 1 fully saturated rings. The summed E-state index contributed by atoms with van der Waals surface area (Å²) in [4.78, 5) is 88.3. The van der Waals surface area contributed by atoms with Crippen molar-refractivity contribution in [2.24, 2.45) is 23.5 Å². The van der Waals surface area contributed by atoms with Crippen LogP contribution in [-0.2, 0) is 30.4 Å². The highest BCUT2D eigenvalue weighted by Crippen LogP contribution is 2.40. The molecule has 13 nitrogen and oxygen atoms in total. The number of likely N-dealkylation sites (N-methyl/N-ethyl adjacent to an activating group) is 2. The van der Waals surface area contributed by atoms with Crippen LogP contribution in [0.5, 0.6) is 11.5 Å². The van der Waals surface area contributed by atoms with Crippen molar-refractivity contribution in [3.63, 3.8) is 0 Å². The highest BCUT2D eigenvalue weighted by molar-refractivity contribution is 6.30. The Hall–Kier alpha value is -6.31. The Balaban J connectivity index is 1.29. The Morgan fingerprint density at radius 1 is 0.910 bits per heavy atom. The minimum Gasteiger partial charge on any atom is -0.507 e. The molecule has 4 bridgehead atoms. The predicted molar refractivity (Wildman–Crippen MR) is 259 cm³/mol. The second kappa shape index (κ2) is 22.5. The van der Waals surface area contributed by atoms with E-state index < -0.39 is 53.2 Å². The molecule has 0 aromatic heterocycles. The van der Waals surface area contributed by atoms with E-state index in [1.807, 2.05) is 24.3 Å². The van der Waals surface area contributed by atoms with Crippen LogP contribution >= 0.6 is 11.6 Å². The highest BCUT2D eigenvalue weighted by Gasteiger charge is 2.38. The molecular weight excluding hydrogens is 870 g/mol. The maximum absolute atomic E-state index is 14.7. The van der Waals surface area contributed by atoms with Gasteiger partial charge in [0.25, 0.3) is 0 Å². The first-order chi connectivity index (χ1) is 32.0. The van der Waals surface area contributed by atoms with Crippen LogP contribution < -0.4 is 16.4 Å². The van der Waals surface area contributed by atoms with Crippen LogP contribution in [0.4, 0.5) is 0 Å². The third-order valence-electron chi connectivity index (χ3n) is 13.2. The van der Waals surface area contributed by atoms with Crippen molar-refractivity contribution in [1.29, 1.82) is 0 Å². The second-order valence-corrected chi connectivity index (χ2v) is 18.5. The molecule has 14 heteroatoms. The molecule has 6 N–H and O–H groups in total. The summed E-state index contributed by atoms with van der Waals surface area (Å²) in [6.45, 7) is 8.24. The Bertz CT molecular complexity index is 2490. The van der Waals surface area contributed by atoms with Gasteiger partial charge in [-0.1, -0.05) is 87.0 Å². The smallest absolute Gasteiger partial charge is 0.226 e. The van der Waals surface area contributed by atoms with Crippen molar-refractivity contribution in [3.8, 4) is 33.8 Å². The number of benzene rings is 4. The van der Waals surface area contributed by atoms with E-state index in [9.17, 15) is 39.0 Å². The van der Waals surface area contributed by atoms with E-state index >= 15 is 0 Å². The quantitative estimate of drug-likeness (QED) is 0.0552. The summed E-state index contributed by atoms with van der Waals surface area (Å²) in [7, 11) is 3.24. The standard InChI is InChI=1S/C53H62ClN5O8/c1-31-25-49(64)50(58(5)53(67)39(9-6-7-23-55)30-47(62)37-14-12-35(13-15-37)36-16-19-40(54)20-17-36)38-18-22-46(61)42(29-38)41-27-34(11-21-45(41)60)28-43(57-51(31)65)48(63)26-32(2)52(66)59-24-8-10-44(59)33(3)56-4/h11-22,27,29,31-32,39,43-44,50,56,60-61H,3,6-10,23-26,28,30,55H2,1-2,4-5H3,(H,57,65)/t31-,32-,39-,43+,44+,50+/m1/s1. The normalized spacial score (nSPS) is 19.4. The number of halogens is 1. The topological polar surface area (TPSA) is 199 Å². The molecule has 0 saturated carbocycles. The van der Waals surface area contributed by atoms with E-state index in [0.717, 1.165) is 24.0 Å². The van der Waals surface area contributed by atoms with Crippen LogP contribution in [0.25, 0.3) is 22.3 Å². The van der Waals surface area contributed by atoms with E-state index in [0.29, 0.717) is 59.8 Å². The number of nitrogens with one attached hydrogen (secondary N) is 2. The first-order valence-corrected chi connectivity index (χ1v) is 23.4. The first kappa shape index (κ1) is 50.1. The number of unbranched alkanes of at least 4 members (excludes halogenated alkanes) is 1. The van der Waals surface area contributed by atoms with Crippen LogP contribution in [-0.4, -0.2) is 94.4 Å². The summed E-state index contributed by atoms with van der Waals surface area (Å²) >= 11 is 6.07. The molecule has 0 aliphatic carbocycles. The maximum Gasteiger partial charge on any atom is 0.226 e. The van der Waals surface area contributed by atoms with Crippen molar-refractivity contribution in [1.82, 2.24) is 20.4 Å². The van der Waals surface area contributed by atoms with Crippen molar-refractivity contribution in [2.75, 3.05) is 27.2 Å². The van der Waals surface area contributed by atoms with E-state index in [-0.39, 0.29) is 66.0 Å². The van der Waals surface area contributed by atoms with E-state index in [4.69, 9.17) is 17.3 Å². The number of phenolic OH excluding ortho intramolecular Hbond substituents is 2. The fraction of sp³-hybridized carbons (Fsp3) is 0.396. The zero-order chi connectivity index (χ0) is 48.5. The summed E-state index contributed by atoms with van der Waals surface area (Å²) in [6.07, 6.45) is 2.40. The zero-order valence-corrected chi connectivity index (χ0v) is 39.5. The SMILES string of the molecule is C=C(NC)[C@@H]1CCCN1C(=O)[C@H](C)CC(=O)[C@@H]1Cc2ccc(O)c(c2)-c2cc(ccc2O)[C@H](N(C)C(=O)[C@H](CCCCN)CC(=O)c2ccc(-c3ccc(Cl)cc3)cc2)C(=O)C[C@@H](C)C(=O)N1. The number of hydrogen-bond acceptors (Lipinski definition) is 10. The zero-order valence-electron chi connectivity index (χ0n) is 38.7. The molecule has 1 saturated heterocycles. The van der Waals surface area contributed by atoms with Gasteiger partial charge in [0.2, 0.25) is 17.7 Å². The molecule has 6 rings (SSSR count). The number of Topliss-reactive ketones (excluding diaryl/α,β-unsaturated/α-hetero) is 3. The van der Waals surface area contributed by atoms with Crippen LogP contribution in [0.2, 0.25) is 5.02 Å². The van der Waals surface area contributed by atoms with Crippen LogP contribution in [0.15, 0.2) is 97.2 Å². The first-order valence-electron chi connectivity index (χ1n) is 23.0. The van der Waals surface area contributed by atoms with Crippen LogP contribution in [0, 0.1) is 17.8 Å². The van der Waals surface area contributed by atoms with Crippen molar-refractivity contribution in [2.45, 2.75) is 89.8 Å². The third-order valence-corrected chi connectivity index (χ3v) is 13.4. The van der Waals surface area contributed by atoms with Gasteiger partial charge in [-0.25, -0.2) is 0 Å². The summed E-state index contributed by atoms with van der Waals surface area (Å²) in [6, 6.07) is 21.0. The van der Waals surface area contributed by atoms with E-state index in [1.54, 1.807) is 62.2 Å². The van der Waals surface area contributed by atoms with Crippen LogP contribution in [0.3, 0.4) is 0 Å². The third kappa shape index (κ3) is 12.0. The monoisotopic (exact) mass is 931 g/mol. The molecule has 354 valence electrons. The lowest BCUT2D eigenvalue weighted by atomic mass is 9.87. The number of nitrogens with two attached hydrogens (primary N) is 1. The van der Waals surface area contributed by atoms with Crippen molar-refractivity contribution >= 4 is 46.7 Å². The molecule has 4 aromatic rings. The number of rotatable bonds is 16. The molecule has 0 spiro atoms. The van der Waals surface area contributed by atoms with Gasteiger partial charge in [0.15, 0.2) is 17.3 Å². The van der Waals surface area contributed by atoms with Crippen molar-refractivity contribution in [3.05, 3.63) is 119 Å². The maximum atomic E-state index is 14.7. The Morgan fingerprint density at radius 3 is 2.21 bits per heavy atom. The van der Waals surface area contributed by atoms with Gasteiger partial charge in [-0.2, -0.15) is 0 Å². The number of likely N-dealkylation sites (tertiary alicyclic amines) is 1. The van der Waals surface area contributed by atoms with Gasteiger partial charge in [-0.05, 0) is 97.3 Å². The lowest BCUT2D eigenvalue weighted by Crippen LogP contribution is -2.47. The molecule has 0 radical (unpaired) electrons. The minimum atomic E-state index is -1.28. The number of carbonyl (C=O) groups excluding carboxylic acids is 6. The van der Waals surface area contributed by atoms with Gasteiger partial charge < -0.3 is 36.4 Å². The van der Waals surface area contributed by atoms with Gasteiger partial charge in [0, 0.05) is 85.1 Å². The summed E-state index contributed by atoms with van der Waals surface area (Å²) in [5.74, 6) is -5.29. The fourth-order valence-electron chi connectivity index (χ4n) is 9.26. The molecule has 67 heavy (non-hydrogen) atoms. The largest absolute Gasteiger partial charge is 0.507 e. The average molecular weight is 933 g/mol. The Labute approximate surface area is 397 Å². The molecule has 2 aliphatic heterocycles. The van der Waals surface area contributed by atoms with Gasteiger partial charge in [-0.15, -0.1) is 0 Å². The Kier molecular flexibility index (Phi) is 16.8. The Morgan fingerprint density at radius 2 is 1.55 bits per heavy atom. The minimum absolute atomic E-state index is 0.000589. The van der Waals surface area contributed by atoms with Gasteiger partial charge in [-0.3, -0.25) is 28.8 Å². The molecule has 0 unspecified atom stereocenters. The number of phenols is 2. The number of ketones is 3. The van der Waals surface area contributed by atoms with Gasteiger partial charge >= 0.3 is 0 Å². The van der Waals surface area contributed by atoms with Gasteiger partial charge in [0.1, 0.15) is 17.5 Å². The summed E-state index contributed by atoms with van der Waals surface area (Å²) in [5, 5.41) is 29.0. The number of aromatic hydroxyl groups is 2. The van der Waals surface area contributed by atoms with Crippen molar-refractivity contribution < 1.29 is 39.0 Å². The molecule has 6 atom stereocenters. The predicted octanol–water partition coefficient (Wildman–Crippen LogP) is 7.56. The second-order valence-electron chi connectivity index (χ2n) is 18.0. The van der Waals surface area contributed by atoms with E-state index in [2.05, 4.69) is 17.2 Å². The number of carbonyl (C=O) groups is 6. The number of amides is 3. The van der Waals surface area contributed by atoms with E-state index in [1.165, 1.54) is 36.2 Å². The lowest BCUT2D eigenvalue weighted by Gasteiger charge is -2.32. The number of hydrogen-bond donors (Lipinski definition) is 5. The van der Waals surface area contributed by atoms with Crippen LogP contribution in [0.1, 0.15) is 92.7 Å². The summed E-state index contributed by atoms with van der Waals surface area (Å²) in [5.41, 5.74) is 10.0. The molecule has 4 aromatic carbocycles. The highest BCUT2D eigenvalue weighted by atomic mass is 35.5. The lowest BCUT2D eigenvalue weighted by molar-refractivity contribution is -0.142. The molecule has 3 amide bonds. The molecule has 2 heterocycles.